The van der Waals surface area contributed by atoms with Crippen molar-refractivity contribution in [1.29, 1.82) is 0 Å². The average molecular weight is 294 g/mol. The second kappa shape index (κ2) is 5.26. The van der Waals surface area contributed by atoms with Gasteiger partial charge in [-0.3, -0.25) is 9.69 Å². The average Bonchev–Trinajstić information content (AvgIpc) is 2.87. The zero-order chi connectivity index (χ0) is 14.3. The highest BCUT2D eigenvalue weighted by Gasteiger charge is 2.36. The van der Waals surface area contributed by atoms with E-state index in [9.17, 15) is 4.79 Å². The Hall–Kier alpha value is -1.26. The van der Waals surface area contributed by atoms with Gasteiger partial charge in [0.15, 0.2) is 0 Å². The molecule has 0 spiro atoms. The summed E-state index contributed by atoms with van der Waals surface area (Å²) < 4.78 is 0. The minimum Gasteiger partial charge on any atom is -0.398 e. The van der Waals surface area contributed by atoms with Crippen molar-refractivity contribution in [2.45, 2.75) is 31.8 Å². The zero-order valence-electron chi connectivity index (χ0n) is 11.7. The quantitative estimate of drug-likeness (QED) is 0.808. The molecule has 2 aliphatic heterocycles. The van der Waals surface area contributed by atoms with Crippen LogP contribution >= 0.6 is 11.6 Å². The maximum absolute atomic E-state index is 12.7. The minimum absolute atomic E-state index is 0.0624. The lowest BCUT2D eigenvalue weighted by molar-refractivity contribution is 0.0395. The fourth-order valence-corrected chi connectivity index (χ4v) is 3.43. The van der Waals surface area contributed by atoms with E-state index < -0.39 is 0 Å². The Kier molecular flexibility index (Phi) is 3.61. The van der Waals surface area contributed by atoms with Crippen LogP contribution in [0.2, 0.25) is 5.02 Å². The van der Waals surface area contributed by atoms with E-state index >= 15 is 0 Å². The van der Waals surface area contributed by atoms with Crippen LogP contribution in [-0.4, -0.2) is 47.4 Å². The van der Waals surface area contributed by atoms with Gasteiger partial charge in [0.2, 0.25) is 0 Å². The van der Waals surface area contributed by atoms with E-state index in [1.807, 2.05) is 4.90 Å². The molecule has 2 N–H and O–H groups in total. The van der Waals surface area contributed by atoms with Crippen molar-refractivity contribution >= 4 is 23.2 Å². The van der Waals surface area contributed by atoms with Crippen molar-refractivity contribution in [1.82, 2.24) is 9.80 Å². The Morgan fingerprint density at radius 2 is 2.20 bits per heavy atom. The van der Waals surface area contributed by atoms with Crippen LogP contribution in [0, 0.1) is 0 Å². The third kappa shape index (κ3) is 2.38. The summed E-state index contributed by atoms with van der Waals surface area (Å²) in [6, 6.07) is 5.90. The Bertz CT molecular complexity index is 534. The van der Waals surface area contributed by atoms with Gasteiger partial charge >= 0.3 is 0 Å². The molecule has 2 unspecified atom stereocenters. The second-order valence-electron chi connectivity index (χ2n) is 5.83. The third-order valence-corrected chi connectivity index (χ3v) is 4.79. The molecule has 4 nitrogen and oxygen atoms in total. The lowest BCUT2D eigenvalue weighted by Crippen LogP contribution is -2.56. The number of carbonyl (C=O) groups excluding carboxylic acids is 1. The molecular formula is C15H20ClN3O. The standard InChI is InChI=1S/C15H20ClN3O/c1-10-8-18-6-2-3-12(18)9-19(10)15(20)11-4-5-13(16)14(17)7-11/h4-5,7,10,12H,2-3,6,8-9,17H2,1H3. The van der Waals surface area contributed by atoms with Crippen LogP contribution in [0.5, 0.6) is 0 Å². The molecule has 1 aromatic rings. The molecule has 2 heterocycles. The lowest BCUT2D eigenvalue weighted by atomic mass is 10.1. The zero-order valence-corrected chi connectivity index (χ0v) is 12.4. The Morgan fingerprint density at radius 3 is 2.95 bits per heavy atom. The molecular weight excluding hydrogens is 274 g/mol. The van der Waals surface area contributed by atoms with Crippen molar-refractivity contribution in [3.05, 3.63) is 28.8 Å². The van der Waals surface area contributed by atoms with E-state index in [-0.39, 0.29) is 11.9 Å². The number of piperazine rings is 1. The first-order valence-electron chi connectivity index (χ1n) is 7.16. The van der Waals surface area contributed by atoms with Crippen LogP contribution in [-0.2, 0) is 0 Å². The maximum Gasteiger partial charge on any atom is 0.254 e. The van der Waals surface area contributed by atoms with Gasteiger partial charge in [-0.1, -0.05) is 11.6 Å². The third-order valence-electron chi connectivity index (χ3n) is 4.44. The van der Waals surface area contributed by atoms with Gasteiger partial charge in [-0.2, -0.15) is 0 Å². The van der Waals surface area contributed by atoms with E-state index in [0.29, 0.717) is 22.3 Å². The van der Waals surface area contributed by atoms with Gasteiger partial charge in [-0.05, 0) is 44.5 Å². The number of hydrogen-bond acceptors (Lipinski definition) is 3. The number of halogens is 1. The Morgan fingerprint density at radius 1 is 1.40 bits per heavy atom. The lowest BCUT2D eigenvalue weighted by Gasteiger charge is -2.42. The molecule has 0 radical (unpaired) electrons. The Balaban J connectivity index is 1.80. The largest absolute Gasteiger partial charge is 0.398 e. The van der Waals surface area contributed by atoms with E-state index in [4.69, 9.17) is 17.3 Å². The summed E-state index contributed by atoms with van der Waals surface area (Å²) in [4.78, 5) is 17.2. The molecule has 0 saturated carbocycles. The van der Waals surface area contributed by atoms with Crippen LogP contribution < -0.4 is 5.73 Å². The number of nitrogens with zero attached hydrogens (tertiary/aromatic N) is 2. The number of carbonyl (C=O) groups is 1. The number of nitrogen functional groups attached to an aromatic ring is 1. The molecule has 20 heavy (non-hydrogen) atoms. The van der Waals surface area contributed by atoms with E-state index in [1.165, 1.54) is 19.4 Å². The number of nitrogens with two attached hydrogens (primary N) is 1. The van der Waals surface area contributed by atoms with Crippen LogP contribution in [0.25, 0.3) is 0 Å². The van der Waals surface area contributed by atoms with Crippen molar-refractivity contribution < 1.29 is 4.79 Å². The summed E-state index contributed by atoms with van der Waals surface area (Å²) in [6.45, 7) is 5.08. The molecule has 0 aromatic heterocycles. The predicted molar refractivity (Wildman–Crippen MR) is 81.0 cm³/mol. The molecule has 0 bridgehead atoms. The molecule has 1 aromatic carbocycles. The fraction of sp³-hybridized carbons (Fsp3) is 0.533. The molecule has 2 fully saturated rings. The smallest absolute Gasteiger partial charge is 0.254 e. The highest BCUT2D eigenvalue weighted by Crippen LogP contribution is 2.27. The molecule has 2 saturated heterocycles. The first kappa shape index (κ1) is 13.7. The number of benzene rings is 1. The summed E-state index contributed by atoms with van der Waals surface area (Å²) in [5, 5.41) is 0.496. The van der Waals surface area contributed by atoms with Gasteiger partial charge in [-0.15, -0.1) is 0 Å². The van der Waals surface area contributed by atoms with Gasteiger partial charge in [0, 0.05) is 30.7 Å². The molecule has 108 valence electrons. The molecule has 5 heteroatoms. The molecule has 2 atom stereocenters. The second-order valence-corrected chi connectivity index (χ2v) is 6.24. The topological polar surface area (TPSA) is 49.6 Å². The number of hydrogen-bond donors (Lipinski definition) is 1. The van der Waals surface area contributed by atoms with E-state index in [0.717, 1.165) is 13.1 Å². The predicted octanol–water partition coefficient (Wildman–Crippen LogP) is 2.23. The van der Waals surface area contributed by atoms with E-state index in [2.05, 4.69) is 11.8 Å². The van der Waals surface area contributed by atoms with Gasteiger partial charge < -0.3 is 10.6 Å². The maximum atomic E-state index is 12.7. The summed E-state index contributed by atoms with van der Waals surface area (Å²) in [5.74, 6) is 0.0624. The molecule has 2 aliphatic rings. The van der Waals surface area contributed by atoms with Crippen LogP contribution in [0.3, 0.4) is 0 Å². The first-order valence-corrected chi connectivity index (χ1v) is 7.54. The number of fused-ring (bicyclic) bond motifs is 1. The van der Waals surface area contributed by atoms with Gasteiger partial charge in [0.1, 0.15) is 0 Å². The van der Waals surface area contributed by atoms with Crippen molar-refractivity contribution in [2.75, 3.05) is 25.4 Å². The molecule has 1 amide bonds. The monoisotopic (exact) mass is 293 g/mol. The normalized spacial score (nSPS) is 26.6. The summed E-state index contributed by atoms with van der Waals surface area (Å²) in [7, 11) is 0. The summed E-state index contributed by atoms with van der Waals surface area (Å²) in [6.07, 6.45) is 2.44. The van der Waals surface area contributed by atoms with Crippen molar-refractivity contribution in [3.63, 3.8) is 0 Å². The number of anilines is 1. The highest BCUT2D eigenvalue weighted by atomic mass is 35.5. The van der Waals surface area contributed by atoms with E-state index in [1.54, 1.807) is 18.2 Å². The molecule has 3 rings (SSSR count). The van der Waals surface area contributed by atoms with Gasteiger partial charge in [-0.25, -0.2) is 0 Å². The highest BCUT2D eigenvalue weighted by molar-refractivity contribution is 6.33. The van der Waals surface area contributed by atoms with Crippen molar-refractivity contribution in [3.8, 4) is 0 Å². The van der Waals surface area contributed by atoms with Gasteiger partial charge in [0.25, 0.3) is 5.91 Å². The summed E-state index contributed by atoms with van der Waals surface area (Å²) >= 11 is 5.92. The van der Waals surface area contributed by atoms with Gasteiger partial charge in [0.05, 0.1) is 10.7 Å². The first-order chi connectivity index (χ1) is 9.56. The Labute approximate surface area is 124 Å². The number of amides is 1. The fourth-order valence-electron chi connectivity index (χ4n) is 3.31. The number of rotatable bonds is 1. The molecule has 0 aliphatic carbocycles. The van der Waals surface area contributed by atoms with Crippen molar-refractivity contribution in [2.24, 2.45) is 0 Å². The van der Waals surface area contributed by atoms with Crippen LogP contribution in [0.1, 0.15) is 30.1 Å². The van der Waals surface area contributed by atoms with Crippen LogP contribution in [0.4, 0.5) is 5.69 Å². The SMILES string of the molecule is CC1CN2CCCC2CN1C(=O)c1ccc(Cl)c(N)c1. The minimum atomic E-state index is 0.0624. The summed E-state index contributed by atoms with van der Waals surface area (Å²) in [5.41, 5.74) is 6.89. The van der Waals surface area contributed by atoms with Crippen LogP contribution in [0.15, 0.2) is 18.2 Å².